The van der Waals surface area contributed by atoms with Gasteiger partial charge in [0, 0.05) is 10.5 Å². The number of nitro groups is 1. The van der Waals surface area contributed by atoms with Gasteiger partial charge < -0.3 is 4.42 Å². The van der Waals surface area contributed by atoms with Gasteiger partial charge in [-0.2, -0.15) is 10.1 Å². The van der Waals surface area contributed by atoms with E-state index in [0.29, 0.717) is 33.4 Å². The Labute approximate surface area is 184 Å². The van der Waals surface area contributed by atoms with Gasteiger partial charge in [-0.1, -0.05) is 28.1 Å². The van der Waals surface area contributed by atoms with Crippen LogP contribution < -0.4 is 0 Å². The fraction of sp³-hybridized carbons (Fsp3) is 0.318. The molecule has 1 aromatic heterocycles. The van der Waals surface area contributed by atoms with Gasteiger partial charge in [0.25, 0.3) is 17.5 Å². The molecule has 2 bridgehead atoms. The van der Waals surface area contributed by atoms with Gasteiger partial charge in [-0.3, -0.25) is 19.7 Å². The number of carbonyl (C=O) groups excluding carboxylic acids is 2. The minimum absolute atomic E-state index is 0.0947. The van der Waals surface area contributed by atoms with E-state index in [2.05, 4.69) is 33.2 Å². The highest BCUT2D eigenvalue weighted by atomic mass is 79.9. The maximum atomic E-state index is 13.0. The van der Waals surface area contributed by atoms with Gasteiger partial charge in [-0.15, -0.1) is 0 Å². The third-order valence-electron chi connectivity index (χ3n) is 6.99. The zero-order valence-corrected chi connectivity index (χ0v) is 17.6. The van der Waals surface area contributed by atoms with Crippen LogP contribution in [0.1, 0.15) is 12.2 Å². The molecule has 2 amide bonds. The summed E-state index contributed by atoms with van der Waals surface area (Å²) in [6.07, 6.45) is 6.65. The number of nitro benzene ring substituents is 1. The Hall–Kier alpha value is -3.07. The van der Waals surface area contributed by atoms with Crippen LogP contribution >= 0.6 is 15.9 Å². The molecule has 3 fully saturated rings. The first kappa shape index (κ1) is 18.7. The smallest absolute Gasteiger partial charge is 0.281 e. The monoisotopic (exact) mass is 481 g/mol. The first-order chi connectivity index (χ1) is 14.9. The number of nitrogens with zero attached hydrogens (tertiary/aromatic N) is 3. The molecule has 0 N–H and O–H groups in total. The van der Waals surface area contributed by atoms with Crippen LogP contribution in [0.25, 0.3) is 11.3 Å². The summed E-state index contributed by atoms with van der Waals surface area (Å²) in [6, 6.07) is 7.89. The predicted molar refractivity (Wildman–Crippen MR) is 113 cm³/mol. The molecule has 2 saturated carbocycles. The zero-order chi connectivity index (χ0) is 21.4. The Balaban J connectivity index is 1.26. The second-order valence-electron chi connectivity index (χ2n) is 8.51. The number of hydrogen-bond acceptors (Lipinski definition) is 6. The summed E-state index contributed by atoms with van der Waals surface area (Å²) in [7, 11) is 0. The van der Waals surface area contributed by atoms with Crippen molar-refractivity contribution < 1.29 is 18.9 Å². The van der Waals surface area contributed by atoms with E-state index in [0.717, 1.165) is 11.4 Å². The topological polar surface area (TPSA) is 106 Å². The van der Waals surface area contributed by atoms with Gasteiger partial charge >= 0.3 is 0 Å². The quantitative estimate of drug-likeness (QED) is 0.215. The molecule has 2 heterocycles. The van der Waals surface area contributed by atoms with Crippen LogP contribution in [-0.4, -0.2) is 28.0 Å². The molecular formula is C22H16BrN3O5. The predicted octanol–water partition coefficient (Wildman–Crippen LogP) is 4.00. The maximum Gasteiger partial charge on any atom is 0.281 e. The molecule has 9 heteroatoms. The van der Waals surface area contributed by atoms with Crippen LogP contribution in [0, 0.1) is 45.6 Å². The molecule has 6 atom stereocenters. The highest BCUT2D eigenvalue weighted by molar-refractivity contribution is 9.10. The van der Waals surface area contributed by atoms with Crippen LogP contribution in [0.15, 0.2) is 56.5 Å². The molecule has 0 spiro atoms. The maximum absolute atomic E-state index is 13.0. The molecule has 1 aliphatic heterocycles. The molecule has 7 rings (SSSR count). The summed E-state index contributed by atoms with van der Waals surface area (Å²) in [4.78, 5) is 36.8. The lowest BCUT2D eigenvalue weighted by Gasteiger charge is -2.37. The standard InChI is InChI=1S/C22H16BrN3O5/c23-10-1-3-14(17(7-10)26(29)30)18-6-2-11(31-18)9-24-25-21(27)19-12-4-5-13(16-8-15(12)16)20(19)22(25)28/h1-7,9,12-13,15-16,19-20H,8H2/t12-,13-,15-,16+,19-,20+/m0/s1. The van der Waals surface area contributed by atoms with E-state index >= 15 is 0 Å². The lowest BCUT2D eigenvalue weighted by molar-refractivity contribution is -0.384. The summed E-state index contributed by atoms with van der Waals surface area (Å²) in [6.45, 7) is 0. The van der Waals surface area contributed by atoms with E-state index in [1.54, 1.807) is 24.3 Å². The van der Waals surface area contributed by atoms with E-state index < -0.39 is 4.92 Å². The Morgan fingerprint density at radius 2 is 1.77 bits per heavy atom. The summed E-state index contributed by atoms with van der Waals surface area (Å²) in [5, 5.41) is 16.5. The first-order valence-corrected chi connectivity index (χ1v) is 10.9. The number of imide groups is 1. The third kappa shape index (κ3) is 2.69. The second kappa shape index (κ2) is 6.46. The van der Waals surface area contributed by atoms with Crippen molar-refractivity contribution in [3.05, 3.63) is 62.8 Å². The molecule has 8 nitrogen and oxygen atoms in total. The van der Waals surface area contributed by atoms with Crippen molar-refractivity contribution in [3.63, 3.8) is 0 Å². The van der Waals surface area contributed by atoms with Crippen molar-refractivity contribution in [3.8, 4) is 11.3 Å². The van der Waals surface area contributed by atoms with Crippen molar-refractivity contribution in [1.29, 1.82) is 0 Å². The van der Waals surface area contributed by atoms with Crippen molar-refractivity contribution in [2.75, 3.05) is 0 Å². The number of carbonyl (C=O) groups is 2. The van der Waals surface area contributed by atoms with Crippen molar-refractivity contribution in [2.24, 2.45) is 40.6 Å². The normalized spacial score (nSPS) is 32.6. The van der Waals surface area contributed by atoms with Crippen LogP contribution in [0.5, 0.6) is 0 Å². The van der Waals surface area contributed by atoms with Gasteiger partial charge in [-0.05, 0) is 54.4 Å². The second-order valence-corrected chi connectivity index (χ2v) is 9.42. The highest BCUT2D eigenvalue weighted by Crippen LogP contribution is 2.65. The number of benzene rings is 1. The van der Waals surface area contributed by atoms with E-state index in [4.69, 9.17) is 4.42 Å². The van der Waals surface area contributed by atoms with Crippen molar-refractivity contribution >= 4 is 39.6 Å². The van der Waals surface area contributed by atoms with E-state index in [1.165, 1.54) is 12.3 Å². The number of rotatable bonds is 4. The fourth-order valence-corrected chi connectivity index (χ4v) is 5.95. The summed E-state index contributed by atoms with van der Waals surface area (Å²) in [5.74, 6) is 0.856. The lowest BCUT2D eigenvalue weighted by atomic mass is 9.63. The van der Waals surface area contributed by atoms with Gasteiger partial charge in [0.15, 0.2) is 0 Å². The van der Waals surface area contributed by atoms with Gasteiger partial charge in [0.2, 0.25) is 0 Å². The Morgan fingerprint density at radius 3 is 2.42 bits per heavy atom. The van der Waals surface area contributed by atoms with Crippen molar-refractivity contribution in [2.45, 2.75) is 6.42 Å². The largest absolute Gasteiger partial charge is 0.455 e. The Bertz CT molecular complexity index is 1180. The average Bonchev–Trinajstić information content (AvgIpc) is 3.39. The molecule has 1 saturated heterocycles. The number of furan rings is 1. The number of hydrazone groups is 1. The van der Waals surface area contributed by atoms with Crippen LogP contribution in [0.2, 0.25) is 0 Å². The molecule has 156 valence electrons. The van der Waals surface area contributed by atoms with Crippen LogP contribution in [0.4, 0.5) is 5.69 Å². The molecule has 1 aromatic carbocycles. The first-order valence-electron chi connectivity index (χ1n) is 10.1. The van der Waals surface area contributed by atoms with Crippen LogP contribution in [0.3, 0.4) is 0 Å². The minimum atomic E-state index is -0.480. The number of hydrogen-bond donors (Lipinski definition) is 0. The number of halogens is 1. The third-order valence-corrected chi connectivity index (χ3v) is 7.48. The molecule has 2 aromatic rings. The van der Waals surface area contributed by atoms with Gasteiger partial charge in [-0.25, -0.2) is 0 Å². The number of allylic oxidation sites excluding steroid dienone is 2. The van der Waals surface area contributed by atoms with Gasteiger partial charge in [0.1, 0.15) is 11.5 Å². The highest BCUT2D eigenvalue weighted by Gasteiger charge is 2.67. The Morgan fingerprint density at radius 1 is 1.10 bits per heavy atom. The lowest BCUT2D eigenvalue weighted by Crippen LogP contribution is -2.40. The van der Waals surface area contributed by atoms with Gasteiger partial charge in [0.05, 0.1) is 28.5 Å². The summed E-state index contributed by atoms with van der Waals surface area (Å²) in [5.41, 5.74) is 0.233. The molecule has 0 unspecified atom stereocenters. The molecule has 31 heavy (non-hydrogen) atoms. The minimum Gasteiger partial charge on any atom is -0.455 e. The Kier molecular flexibility index (Phi) is 3.89. The van der Waals surface area contributed by atoms with E-state index in [1.807, 2.05) is 0 Å². The van der Waals surface area contributed by atoms with E-state index in [-0.39, 0.29) is 41.2 Å². The molecule has 0 radical (unpaired) electrons. The molecular weight excluding hydrogens is 466 g/mol. The van der Waals surface area contributed by atoms with E-state index in [9.17, 15) is 19.7 Å². The average molecular weight is 482 g/mol. The molecule has 5 aliphatic rings. The van der Waals surface area contributed by atoms with Crippen LogP contribution in [-0.2, 0) is 9.59 Å². The fourth-order valence-electron chi connectivity index (χ4n) is 5.60. The summed E-state index contributed by atoms with van der Waals surface area (Å²) >= 11 is 3.23. The summed E-state index contributed by atoms with van der Waals surface area (Å²) < 4.78 is 6.29. The molecule has 4 aliphatic carbocycles. The SMILES string of the molecule is O=C1[C@@H]2[C@H]3C=C[C@@H]([C@@H]4C[C@H]34)[C@@H]2C(=O)N1N=Cc1ccc(-c2ccc(Br)cc2[N+](=O)[O-])o1. The number of amides is 2. The zero-order valence-electron chi connectivity index (χ0n) is 16.1. The van der Waals surface area contributed by atoms with Crippen molar-refractivity contribution in [1.82, 2.24) is 5.01 Å².